The smallest absolute Gasteiger partial charge is 0.243 e. The number of benzene rings is 2. The van der Waals surface area contributed by atoms with Gasteiger partial charge in [-0.15, -0.1) is 0 Å². The van der Waals surface area contributed by atoms with Gasteiger partial charge in [-0.3, -0.25) is 14.4 Å². The van der Waals surface area contributed by atoms with Gasteiger partial charge >= 0.3 is 0 Å². The molecule has 9 heteroatoms. The molecule has 0 atom stereocenters. The van der Waals surface area contributed by atoms with Crippen LogP contribution < -0.4 is 5.32 Å². The monoisotopic (exact) mass is 467 g/mol. The van der Waals surface area contributed by atoms with Gasteiger partial charge in [0.2, 0.25) is 15.9 Å². The molecule has 2 heterocycles. The number of rotatable bonds is 9. The Hall–Kier alpha value is -3.01. The normalized spacial score (nSPS) is 14.6. The first-order valence-corrected chi connectivity index (χ1v) is 12.5. The summed E-state index contributed by atoms with van der Waals surface area (Å²) in [5, 5.41) is 7.22. The van der Waals surface area contributed by atoms with Crippen molar-refractivity contribution in [3.05, 3.63) is 78.1 Å². The van der Waals surface area contributed by atoms with Gasteiger partial charge in [-0.05, 0) is 43.7 Å². The second-order valence-corrected chi connectivity index (χ2v) is 10.3. The predicted molar refractivity (Wildman–Crippen MR) is 127 cm³/mol. The van der Waals surface area contributed by atoms with E-state index in [1.54, 1.807) is 18.2 Å². The summed E-state index contributed by atoms with van der Waals surface area (Å²) in [5.74, 6) is -0.204. The van der Waals surface area contributed by atoms with Gasteiger partial charge in [-0.25, -0.2) is 8.42 Å². The molecule has 0 aliphatic carbocycles. The minimum absolute atomic E-state index is 0.174. The Kier molecular flexibility index (Phi) is 7.22. The number of carbonyl (C=O) groups excluding carboxylic acids is 1. The average molecular weight is 468 g/mol. The van der Waals surface area contributed by atoms with E-state index in [-0.39, 0.29) is 17.3 Å². The van der Waals surface area contributed by atoms with E-state index in [1.807, 2.05) is 47.2 Å². The number of hydrogen-bond donors (Lipinski definition) is 1. The van der Waals surface area contributed by atoms with Crippen LogP contribution in [-0.4, -0.2) is 60.0 Å². The molecule has 1 N–H and O–H groups in total. The highest BCUT2D eigenvalue weighted by molar-refractivity contribution is 7.89. The number of aromatic nitrogens is 2. The first-order chi connectivity index (χ1) is 15.9. The SMILES string of the molecule is CN(CC(=O)Nc1cccc(S(=O)(=O)N2CCCC2)c1)Cc1cnn(Cc2ccccc2)c1. The number of carbonyl (C=O) groups is 1. The zero-order valence-corrected chi connectivity index (χ0v) is 19.5. The third kappa shape index (κ3) is 6.07. The molecule has 1 aromatic heterocycles. The summed E-state index contributed by atoms with van der Waals surface area (Å²) in [6.45, 7) is 2.54. The number of sulfonamides is 1. The van der Waals surface area contributed by atoms with Gasteiger partial charge in [0.25, 0.3) is 0 Å². The van der Waals surface area contributed by atoms with Crippen LogP contribution in [0.2, 0.25) is 0 Å². The predicted octanol–water partition coefficient (Wildman–Crippen LogP) is 2.79. The van der Waals surface area contributed by atoms with E-state index in [1.165, 1.54) is 15.9 Å². The highest BCUT2D eigenvalue weighted by atomic mass is 32.2. The van der Waals surface area contributed by atoms with Gasteiger partial charge in [0, 0.05) is 37.1 Å². The molecule has 0 unspecified atom stereocenters. The molecule has 2 aromatic carbocycles. The van der Waals surface area contributed by atoms with Gasteiger partial charge in [0.15, 0.2) is 0 Å². The van der Waals surface area contributed by atoms with Crippen molar-refractivity contribution in [1.29, 1.82) is 0 Å². The summed E-state index contributed by atoms with van der Waals surface area (Å²) in [6.07, 6.45) is 5.55. The zero-order valence-electron chi connectivity index (χ0n) is 18.7. The van der Waals surface area contributed by atoms with Crippen molar-refractivity contribution in [2.45, 2.75) is 30.8 Å². The number of nitrogens with one attached hydrogen (secondary N) is 1. The summed E-state index contributed by atoms with van der Waals surface area (Å²) in [4.78, 5) is 14.6. The van der Waals surface area contributed by atoms with Crippen molar-refractivity contribution in [2.24, 2.45) is 0 Å². The van der Waals surface area contributed by atoms with Crippen molar-refractivity contribution in [1.82, 2.24) is 19.0 Å². The van der Waals surface area contributed by atoms with Crippen LogP contribution in [0.4, 0.5) is 5.69 Å². The van der Waals surface area contributed by atoms with Gasteiger partial charge < -0.3 is 5.32 Å². The molecule has 1 aliphatic heterocycles. The zero-order chi connectivity index (χ0) is 23.3. The summed E-state index contributed by atoms with van der Waals surface area (Å²) in [6, 6.07) is 16.6. The fraction of sp³-hybridized carbons (Fsp3) is 0.333. The Morgan fingerprint density at radius 2 is 1.82 bits per heavy atom. The standard InChI is InChI=1S/C24H29N5O3S/c1-27(16-21-15-25-28(18-21)17-20-8-3-2-4-9-20)19-24(30)26-22-10-7-11-23(14-22)33(31,32)29-12-5-6-13-29/h2-4,7-11,14-15,18H,5-6,12-13,16-17,19H2,1H3,(H,26,30). The molecule has 1 amide bonds. The average Bonchev–Trinajstić information content (AvgIpc) is 3.47. The minimum Gasteiger partial charge on any atom is -0.325 e. The largest absolute Gasteiger partial charge is 0.325 e. The summed E-state index contributed by atoms with van der Waals surface area (Å²) in [5.41, 5.74) is 2.66. The van der Waals surface area contributed by atoms with Crippen LogP contribution in [0.5, 0.6) is 0 Å². The van der Waals surface area contributed by atoms with Crippen LogP contribution in [0.1, 0.15) is 24.0 Å². The van der Waals surface area contributed by atoms with Crippen molar-refractivity contribution < 1.29 is 13.2 Å². The van der Waals surface area contributed by atoms with Crippen LogP contribution in [0, 0.1) is 0 Å². The van der Waals surface area contributed by atoms with Gasteiger partial charge in [-0.2, -0.15) is 9.40 Å². The number of likely N-dealkylation sites (N-methyl/N-ethyl adjacent to an activating group) is 1. The lowest BCUT2D eigenvalue weighted by atomic mass is 10.2. The third-order valence-corrected chi connectivity index (χ3v) is 7.46. The summed E-state index contributed by atoms with van der Waals surface area (Å²) < 4.78 is 28.9. The highest BCUT2D eigenvalue weighted by Gasteiger charge is 2.27. The van der Waals surface area contributed by atoms with Gasteiger partial charge in [-0.1, -0.05) is 36.4 Å². The first kappa shape index (κ1) is 23.2. The van der Waals surface area contributed by atoms with E-state index in [2.05, 4.69) is 22.5 Å². The molecule has 4 rings (SSSR count). The third-order valence-electron chi connectivity index (χ3n) is 5.56. The molecule has 0 bridgehead atoms. The lowest BCUT2D eigenvalue weighted by Crippen LogP contribution is -2.30. The number of hydrogen-bond acceptors (Lipinski definition) is 5. The Morgan fingerprint density at radius 3 is 2.58 bits per heavy atom. The maximum Gasteiger partial charge on any atom is 0.243 e. The van der Waals surface area contributed by atoms with E-state index >= 15 is 0 Å². The van der Waals surface area contributed by atoms with Crippen LogP contribution in [0.25, 0.3) is 0 Å². The van der Waals surface area contributed by atoms with E-state index in [9.17, 15) is 13.2 Å². The lowest BCUT2D eigenvalue weighted by molar-refractivity contribution is -0.117. The maximum absolute atomic E-state index is 12.8. The van der Waals surface area contributed by atoms with E-state index in [0.717, 1.165) is 18.4 Å². The van der Waals surface area contributed by atoms with E-state index < -0.39 is 10.0 Å². The van der Waals surface area contributed by atoms with Crippen molar-refractivity contribution in [2.75, 3.05) is 32.0 Å². The van der Waals surface area contributed by atoms with E-state index in [0.29, 0.717) is 31.9 Å². The Morgan fingerprint density at radius 1 is 1.06 bits per heavy atom. The molecule has 0 spiro atoms. The van der Waals surface area contributed by atoms with Crippen molar-refractivity contribution >= 4 is 21.6 Å². The van der Waals surface area contributed by atoms with Crippen LogP contribution in [-0.2, 0) is 27.9 Å². The molecule has 8 nitrogen and oxygen atoms in total. The Bertz CT molecular complexity index is 1190. The van der Waals surface area contributed by atoms with E-state index in [4.69, 9.17) is 0 Å². The number of amides is 1. The lowest BCUT2D eigenvalue weighted by Gasteiger charge is -2.17. The quantitative estimate of drug-likeness (QED) is 0.523. The molecular formula is C24H29N5O3S. The summed E-state index contributed by atoms with van der Waals surface area (Å²) >= 11 is 0. The maximum atomic E-state index is 12.8. The second-order valence-electron chi connectivity index (χ2n) is 8.39. The Balaban J connectivity index is 1.31. The molecular weight excluding hydrogens is 438 g/mol. The molecule has 1 fully saturated rings. The Labute approximate surface area is 194 Å². The molecule has 0 radical (unpaired) electrons. The second kappa shape index (κ2) is 10.3. The first-order valence-electron chi connectivity index (χ1n) is 11.0. The van der Waals surface area contributed by atoms with Crippen LogP contribution >= 0.6 is 0 Å². The van der Waals surface area contributed by atoms with Crippen molar-refractivity contribution in [3.8, 4) is 0 Å². The van der Waals surface area contributed by atoms with Gasteiger partial charge in [0.05, 0.1) is 24.2 Å². The fourth-order valence-corrected chi connectivity index (χ4v) is 5.53. The van der Waals surface area contributed by atoms with Crippen LogP contribution in [0.15, 0.2) is 71.9 Å². The molecule has 3 aromatic rings. The number of nitrogens with zero attached hydrogens (tertiary/aromatic N) is 4. The summed E-state index contributed by atoms with van der Waals surface area (Å²) in [7, 11) is -1.66. The number of anilines is 1. The fourth-order valence-electron chi connectivity index (χ4n) is 3.97. The topological polar surface area (TPSA) is 87.5 Å². The molecule has 1 saturated heterocycles. The van der Waals surface area contributed by atoms with Crippen LogP contribution in [0.3, 0.4) is 0 Å². The van der Waals surface area contributed by atoms with Gasteiger partial charge in [0.1, 0.15) is 0 Å². The minimum atomic E-state index is -3.52. The molecule has 0 saturated carbocycles. The van der Waals surface area contributed by atoms with Crippen molar-refractivity contribution in [3.63, 3.8) is 0 Å². The molecule has 33 heavy (non-hydrogen) atoms. The highest BCUT2D eigenvalue weighted by Crippen LogP contribution is 2.23. The molecule has 1 aliphatic rings. The molecule has 174 valence electrons.